The van der Waals surface area contributed by atoms with Crippen molar-refractivity contribution in [3.63, 3.8) is 0 Å². The summed E-state index contributed by atoms with van der Waals surface area (Å²) in [5.74, 6) is -1.39. The summed E-state index contributed by atoms with van der Waals surface area (Å²) >= 11 is 1.19. The van der Waals surface area contributed by atoms with E-state index >= 15 is 0 Å². The van der Waals surface area contributed by atoms with Crippen molar-refractivity contribution in [1.82, 2.24) is 10.2 Å². The van der Waals surface area contributed by atoms with Gasteiger partial charge in [0, 0.05) is 13.5 Å². The molecule has 7 nitrogen and oxygen atoms in total. The third kappa shape index (κ3) is 4.32. The average Bonchev–Trinajstić information content (AvgIpc) is 2.63. The van der Waals surface area contributed by atoms with E-state index in [9.17, 15) is 9.59 Å². The molecule has 0 fully saturated rings. The molecule has 2 N–H and O–H groups in total. The lowest BCUT2D eigenvalue weighted by Crippen LogP contribution is -2.12. The Bertz CT molecular complexity index is 379. The molecule has 0 saturated carbocycles. The second-order valence-electron chi connectivity index (χ2n) is 2.88. The predicted octanol–water partition coefficient (Wildman–Crippen LogP) is 0.488. The molecule has 1 heterocycles. The van der Waals surface area contributed by atoms with Crippen molar-refractivity contribution in [1.29, 1.82) is 0 Å². The highest BCUT2D eigenvalue weighted by molar-refractivity contribution is 7.15. The van der Waals surface area contributed by atoms with E-state index in [2.05, 4.69) is 15.5 Å². The van der Waals surface area contributed by atoms with E-state index in [0.29, 0.717) is 16.7 Å². The molecule has 1 aromatic rings. The summed E-state index contributed by atoms with van der Waals surface area (Å²) in [4.78, 5) is 21.4. The first kappa shape index (κ1) is 12.5. The summed E-state index contributed by atoms with van der Waals surface area (Å²) in [6.07, 6.45) is -0.274. The summed E-state index contributed by atoms with van der Waals surface area (Å²) in [5, 5.41) is 19.3. The molecule has 0 radical (unpaired) electrons. The van der Waals surface area contributed by atoms with Crippen LogP contribution in [0.2, 0.25) is 0 Å². The van der Waals surface area contributed by atoms with Crippen LogP contribution in [0.5, 0.6) is 0 Å². The summed E-state index contributed by atoms with van der Waals surface area (Å²) in [5.41, 5.74) is 0. The van der Waals surface area contributed by atoms with Gasteiger partial charge >= 0.3 is 5.97 Å². The number of nitrogens with zero attached hydrogens (tertiary/aromatic N) is 2. The van der Waals surface area contributed by atoms with Gasteiger partial charge in [-0.15, -0.1) is 10.2 Å². The number of carbonyl (C=O) groups is 2. The number of carboxylic acids is 1. The van der Waals surface area contributed by atoms with Gasteiger partial charge in [-0.25, -0.2) is 0 Å². The van der Waals surface area contributed by atoms with Gasteiger partial charge in [-0.3, -0.25) is 9.59 Å². The summed E-state index contributed by atoms with van der Waals surface area (Å²) < 4.78 is 4.84. The van der Waals surface area contributed by atoms with Crippen LogP contribution < -0.4 is 5.32 Å². The molecular formula is C8H11N3O4S. The molecule has 1 amide bonds. The Morgan fingerprint density at radius 2 is 2.19 bits per heavy atom. The van der Waals surface area contributed by atoms with Crippen LogP contribution in [0, 0.1) is 0 Å². The van der Waals surface area contributed by atoms with E-state index in [-0.39, 0.29) is 18.7 Å². The quantitative estimate of drug-likeness (QED) is 0.756. The van der Waals surface area contributed by atoms with Gasteiger partial charge in [-0.05, 0) is 0 Å². The normalized spacial score (nSPS) is 10.1. The van der Waals surface area contributed by atoms with Gasteiger partial charge in [0.1, 0.15) is 11.6 Å². The largest absolute Gasteiger partial charge is 0.481 e. The van der Waals surface area contributed by atoms with Crippen molar-refractivity contribution >= 4 is 28.3 Å². The number of aliphatic carboxylic acids is 1. The average molecular weight is 245 g/mol. The van der Waals surface area contributed by atoms with E-state index in [0.717, 1.165) is 0 Å². The molecule has 0 unspecified atom stereocenters. The van der Waals surface area contributed by atoms with E-state index in [1.807, 2.05) is 0 Å². The molecule has 1 aromatic heterocycles. The van der Waals surface area contributed by atoms with Gasteiger partial charge in [0.25, 0.3) is 0 Å². The van der Waals surface area contributed by atoms with Crippen LogP contribution in [0.4, 0.5) is 5.13 Å². The number of aromatic nitrogens is 2. The molecule has 0 aliphatic carbocycles. The molecule has 8 heteroatoms. The van der Waals surface area contributed by atoms with Crippen LogP contribution >= 0.6 is 11.3 Å². The Hall–Kier alpha value is -1.54. The first-order valence-electron chi connectivity index (χ1n) is 4.44. The minimum Gasteiger partial charge on any atom is -0.481 e. The van der Waals surface area contributed by atoms with Crippen molar-refractivity contribution in [3.8, 4) is 0 Å². The molecule has 0 aliphatic rings. The van der Waals surface area contributed by atoms with Crippen LogP contribution in [0.1, 0.15) is 17.8 Å². The Labute approximate surface area is 95.4 Å². The number of rotatable bonds is 6. The van der Waals surface area contributed by atoms with E-state index in [1.165, 1.54) is 18.4 Å². The van der Waals surface area contributed by atoms with E-state index < -0.39 is 5.97 Å². The highest BCUT2D eigenvalue weighted by Gasteiger charge is 2.09. The van der Waals surface area contributed by atoms with Crippen molar-refractivity contribution in [2.45, 2.75) is 19.4 Å². The lowest BCUT2D eigenvalue weighted by molar-refractivity contribution is -0.138. The minimum absolute atomic E-state index is 0.0749. The monoisotopic (exact) mass is 245 g/mol. The van der Waals surface area contributed by atoms with Crippen molar-refractivity contribution in [3.05, 3.63) is 5.01 Å². The second-order valence-corrected chi connectivity index (χ2v) is 3.94. The van der Waals surface area contributed by atoms with Crippen LogP contribution in [0.3, 0.4) is 0 Å². The van der Waals surface area contributed by atoms with Gasteiger partial charge < -0.3 is 15.2 Å². The zero-order valence-electron chi connectivity index (χ0n) is 8.60. The van der Waals surface area contributed by atoms with Crippen LogP contribution in [-0.2, 0) is 20.9 Å². The lowest BCUT2D eigenvalue weighted by Gasteiger charge is -1.97. The number of carbonyl (C=O) groups excluding carboxylic acids is 1. The standard InChI is InChI=1S/C8H11N3O4S/c1-15-4-6-10-11-8(16-6)9-5(12)2-3-7(13)14/h2-4H2,1H3,(H,13,14)(H,9,11,12). The molecule has 0 aromatic carbocycles. The molecular weight excluding hydrogens is 234 g/mol. The molecule has 0 saturated heterocycles. The smallest absolute Gasteiger partial charge is 0.303 e. The maximum absolute atomic E-state index is 11.2. The number of nitrogens with one attached hydrogen (secondary N) is 1. The van der Waals surface area contributed by atoms with Crippen molar-refractivity contribution in [2.75, 3.05) is 12.4 Å². The molecule has 0 aliphatic heterocycles. The fourth-order valence-electron chi connectivity index (χ4n) is 0.888. The molecule has 88 valence electrons. The predicted molar refractivity (Wildman–Crippen MR) is 56.1 cm³/mol. The van der Waals surface area contributed by atoms with Gasteiger partial charge in [0.2, 0.25) is 11.0 Å². The second kappa shape index (κ2) is 6.13. The van der Waals surface area contributed by atoms with Crippen LogP contribution in [-0.4, -0.2) is 34.3 Å². The molecule has 0 bridgehead atoms. The Morgan fingerprint density at radius 3 is 2.81 bits per heavy atom. The summed E-state index contributed by atoms with van der Waals surface area (Å²) in [6.45, 7) is 0.336. The number of amides is 1. The molecule has 16 heavy (non-hydrogen) atoms. The fourth-order valence-corrected chi connectivity index (χ4v) is 1.62. The van der Waals surface area contributed by atoms with Gasteiger partial charge in [-0.2, -0.15) is 0 Å². The third-order valence-electron chi connectivity index (χ3n) is 1.55. The first-order valence-corrected chi connectivity index (χ1v) is 5.26. The minimum atomic E-state index is -1.01. The zero-order valence-corrected chi connectivity index (χ0v) is 9.41. The Balaban J connectivity index is 2.40. The zero-order chi connectivity index (χ0) is 12.0. The molecule has 0 spiro atoms. The third-order valence-corrected chi connectivity index (χ3v) is 2.36. The van der Waals surface area contributed by atoms with Gasteiger partial charge in [0.15, 0.2) is 0 Å². The molecule has 0 atom stereocenters. The maximum Gasteiger partial charge on any atom is 0.303 e. The number of methoxy groups -OCH3 is 1. The maximum atomic E-state index is 11.2. The lowest BCUT2D eigenvalue weighted by atomic mass is 10.3. The van der Waals surface area contributed by atoms with E-state index in [1.54, 1.807) is 0 Å². The summed E-state index contributed by atoms with van der Waals surface area (Å²) in [7, 11) is 1.53. The number of hydrogen-bond donors (Lipinski definition) is 2. The number of carboxylic acid groups (broad SMARTS) is 1. The Morgan fingerprint density at radius 1 is 1.44 bits per heavy atom. The first-order chi connectivity index (χ1) is 7.61. The van der Waals surface area contributed by atoms with Gasteiger partial charge in [-0.1, -0.05) is 11.3 Å². The highest BCUT2D eigenvalue weighted by atomic mass is 32.1. The van der Waals surface area contributed by atoms with Gasteiger partial charge in [0.05, 0.1) is 6.42 Å². The summed E-state index contributed by atoms with van der Waals surface area (Å²) in [6, 6.07) is 0. The fraction of sp³-hybridized carbons (Fsp3) is 0.500. The molecule has 1 rings (SSSR count). The number of hydrogen-bond acceptors (Lipinski definition) is 6. The SMILES string of the molecule is COCc1nnc(NC(=O)CCC(=O)O)s1. The van der Waals surface area contributed by atoms with Crippen molar-refractivity contribution in [2.24, 2.45) is 0 Å². The topological polar surface area (TPSA) is 101 Å². The number of anilines is 1. The Kier molecular flexibility index (Phi) is 4.80. The number of ether oxygens (including phenoxy) is 1. The highest BCUT2D eigenvalue weighted by Crippen LogP contribution is 2.15. The van der Waals surface area contributed by atoms with Crippen LogP contribution in [0.25, 0.3) is 0 Å². The van der Waals surface area contributed by atoms with Crippen LogP contribution in [0.15, 0.2) is 0 Å². The van der Waals surface area contributed by atoms with Crippen molar-refractivity contribution < 1.29 is 19.4 Å². The van der Waals surface area contributed by atoms with E-state index in [4.69, 9.17) is 9.84 Å².